The number of aliphatic hydroxyl groups is 1. The van der Waals surface area contributed by atoms with Crippen LogP contribution in [0.1, 0.15) is 32.1 Å². The van der Waals surface area contributed by atoms with Crippen molar-refractivity contribution in [2.45, 2.75) is 49.8 Å². The summed E-state index contributed by atoms with van der Waals surface area (Å²) in [6, 6.07) is 0.655. The number of nitrogens with zero attached hydrogens (tertiary/aromatic N) is 1. The van der Waals surface area contributed by atoms with Gasteiger partial charge in [-0.15, -0.1) is 0 Å². The number of fused-ring (bicyclic) bond motifs is 5. The van der Waals surface area contributed by atoms with E-state index in [4.69, 9.17) is 0 Å². The van der Waals surface area contributed by atoms with E-state index in [-0.39, 0.29) is 11.8 Å². The van der Waals surface area contributed by atoms with Gasteiger partial charge < -0.3 is 5.11 Å². The lowest BCUT2D eigenvalue weighted by Gasteiger charge is -2.28. The lowest BCUT2D eigenvalue weighted by molar-refractivity contribution is -0.140. The Bertz CT molecular complexity index is 266. The van der Waals surface area contributed by atoms with Crippen molar-refractivity contribution in [2.75, 3.05) is 6.54 Å². The third-order valence-corrected chi connectivity index (χ3v) is 4.05. The zero-order valence-electron chi connectivity index (χ0n) is 7.70. The van der Waals surface area contributed by atoms with E-state index in [0.717, 1.165) is 25.8 Å². The number of ketones is 1. The summed E-state index contributed by atoms with van der Waals surface area (Å²) in [6.07, 6.45) is 4.43. The summed E-state index contributed by atoms with van der Waals surface area (Å²) in [5, 5.41) is 10.3. The molecule has 3 nitrogen and oxygen atoms in total. The standard InChI is InChI=1S/C10H15NO2/c12-9-4-3-7-6-10(9,13)8-2-1-5-11(7)8/h7-8,13H,1-6H2. The molecule has 1 N–H and O–H groups in total. The van der Waals surface area contributed by atoms with Crippen molar-refractivity contribution < 1.29 is 9.90 Å². The van der Waals surface area contributed by atoms with Gasteiger partial charge in [0.15, 0.2) is 5.78 Å². The quantitative estimate of drug-likeness (QED) is 0.585. The van der Waals surface area contributed by atoms with Gasteiger partial charge in [-0.3, -0.25) is 9.69 Å². The molecule has 1 saturated carbocycles. The van der Waals surface area contributed by atoms with Crippen LogP contribution in [0.3, 0.4) is 0 Å². The van der Waals surface area contributed by atoms with Crippen LogP contribution in [0.5, 0.6) is 0 Å². The summed E-state index contributed by atoms with van der Waals surface area (Å²) in [7, 11) is 0. The van der Waals surface area contributed by atoms with E-state index in [1.54, 1.807) is 0 Å². The highest BCUT2D eigenvalue weighted by Crippen LogP contribution is 2.45. The molecule has 3 fully saturated rings. The van der Waals surface area contributed by atoms with Gasteiger partial charge in [0, 0.05) is 24.9 Å². The third-order valence-electron chi connectivity index (χ3n) is 4.05. The molecule has 0 radical (unpaired) electrons. The number of Topliss-reactive ketones (excluding diaryl/α,β-unsaturated/α-hetero) is 1. The monoisotopic (exact) mass is 181 g/mol. The molecule has 3 unspecified atom stereocenters. The van der Waals surface area contributed by atoms with Crippen LogP contribution in [0, 0.1) is 0 Å². The summed E-state index contributed by atoms with van der Waals surface area (Å²) >= 11 is 0. The average Bonchev–Trinajstić information content (AvgIpc) is 2.64. The fourth-order valence-electron chi connectivity index (χ4n) is 3.43. The maximum atomic E-state index is 11.6. The lowest BCUT2D eigenvalue weighted by atomic mass is 9.80. The van der Waals surface area contributed by atoms with E-state index in [9.17, 15) is 9.90 Å². The van der Waals surface area contributed by atoms with Gasteiger partial charge in [0.05, 0.1) is 0 Å². The molecule has 2 heterocycles. The minimum Gasteiger partial charge on any atom is -0.380 e. The molecule has 72 valence electrons. The third kappa shape index (κ3) is 0.842. The molecular weight excluding hydrogens is 166 g/mol. The van der Waals surface area contributed by atoms with Crippen LogP contribution in [-0.2, 0) is 4.79 Å². The van der Waals surface area contributed by atoms with Crippen molar-refractivity contribution in [2.24, 2.45) is 0 Å². The second-order valence-corrected chi connectivity index (χ2v) is 4.64. The van der Waals surface area contributed by atoms with Crippen LogP contribution in [0.4, 0.5) is 0 Å². The predicted octanol–water partition coefficient (Wildman–Crippen LogP) is 0.317. The van der Waals surface area contributed by atoms with Gasteiger partial charge in [-0.05, 0) is 25.8 Å². The van der Waals surface area contributed by atoms with Crippen LogP contribution >= 0.6 is 0 Å². The minimum absolute atomic E-state index is 0.0955. The van der Waals surface area contributed by atoms with E-state index in [1.165, 1.54) is 0 Å². The Balaban J connectivity index is 2.02. The molecule has 1 aliphatic carbocycles. The van der Waals surface area contributed by atoms with E-state index in [1.807, 2.05) is 0 Å². The van der Waals surface area contributed by atoms with E-state index in [0.29, 0.717) is 18.9 Å². The second kappa shape index (κ2) is 2.34. The van der Waals surface area contributed by atoms with Gasteiger partial charge in [0.2, 0.25) is 0 Å². The Hall–Kier alpha value is -0.410. The van der Waals surface area contributed by atoms with Gasteiger partial charge in [-0.1, -0.05) is 0 Å². The number of carbonyl (C=O) groups is 1. The van der Waals surface area contributed by atoms with Crippen molar-refractivity contribution >= 4 is 5.78 Å². The molecule has 13 heavy (non-hydrogen) atoms. The van der Waals surface area contributed by atoms with Gasteiger partial charge >= 0.3 is 0 Å². The first kappa shape index (κ1) is 7.94. The van der Waals surface area contributed by atoms with Crippen LogP contribution < -0.4 is 0 Å². The van der Waals surface area contributed by atoms with Gasteiger partial charge in [0.25, 0.3) is 0 Å². The molecular formula is C10H15NO2. The molecule has 2 saturated heterocycles. The molecule has 0 aromatic heterocycles. The number of rotatable bonds is 0. The Morgan fingerprint density at radius 3 is 3.15 bits per heavy atom. The topological polar surface area (TPSA) is 40.5 Å². The van der Waals surface area contributed by atoms with Crippen LogP contribution in [0.2, 0.25) is 0 Å². The van der Waals surface area contributed by atoms with E-state index >= 15 is 0 Å². The first-order chi connectivity index (χ1) is 6.22. The second-order valence-electron chi connectivity index (χ2n) is 4.64. The normalized spacial score (nSPS) is 49.8. The average molecular weight is 181 g/mol. The first-order valence-electron chi connectivity index (χ1n) is 5.23. The zero-order chi connectivity index (χ0) is 9.05. The summed E-state index contributed by atoms with van der Waals surface area (Å²) in [4.78, 5) is 14.0. The molecule has 0 spiro atoms. The van der Waals surface area contributed by atoms with Crippen molar-refractivity contribution in [3.63, 3.8) is 0 Å². The largest absolute Gasteiger partial charge is 0.380 e. The Labute approximate surface area is 77.7 Å². The summed E-state index contributed by atoms with van der Waals surface area (Å²) in [6.45, 7) is 1.09. The van der Waals surface area contributed by atoms with Gasteiger partial charge in [0.1, 0.15) is 5.60 Å². The fourth-order valence-corrected chi connectivity index (χ4v) is 3.43. The lowest BCUT2D eigenvalue weighted by Crippen LogP contribution is -2.47. The Morgan fingerprint density at radius 2 is 2.31 bits per heavy atom. The molecule has 3 heteroatoms. The van der Waals surface area contributed by atoms with Crippen LogP contribution in [-0.4, -0.2) is 40.0 Å². The maximum absolute atomic E-state index is 11.6. The highest BCUT2D eigenvalue weighted by atomic mass is 16.3. The molecule has 2 bridgehead atoms. The Kier molecular flexibility index (Phi) is 1.43. The van der Waals surface area contributed by atoms with Crippen molar-refractivity contribution in [3.05, 3.63) is 0 Å². The van der Waals surface area contributed by atoms with Crippen molar-refractivity contribution in [1.29, 1.82) is 0 Å². The van der Waals surface area contributed by atoms with Gasteiger partial charge in [-0.2, -0.15) is 0 Å². The van der Waals surface area contributed by atoms with Crippen molar-refractivity contribution in [1.82, 2.24) is 4.90 Å². The van der Waals surface area contributed by atoms with Crippen molar-refractivity contribution in [3.8, 4) is 0 Å². The van der Waals surface area contributed by atoms with Gasteiger partial charge in [-0.25, -0.2) is 0 Å². The zero-order valence-corrected chi connectivity index (χ0v) is 7.70. The highest BCUT2D eigenvalue weighted by molar-refractivity contribution is 5.89. The minimum atomic E-state index is -0.959. The highest BCUT2D eigenvalue weighted by Gasteiger charge is 2.58. The molecule has 0 aromatic carbocycles. The maximum Gasteiger partial charge on any atom is 0.166 e. The van der Waals surface area contributed by atoms with Crippen LogP contribution in [0.25, 0.3) is 0 Å². The number of hydrogen-bond acceptors (Lipinski definition) is 3. The molecule has 3 aliphatic rings. The number of hydrogen-bond donors (Lipinski definition) is 1. The van der Waals surface area contributed by atoms with E-state index < -0.39 is 5.60 Å². The molecule has 0 amide bonds. The number of carbonyl (C=O) groups excluding carboxylic acids is 1. The summed E-state index contributed by atoms with van der Waals surface area (Å²) < 4.78 is 0. The van der Waals surface area contributed by atoms with Crippen LogP contribution in [0.15, 0.2) is 0 Å². The fraction of sp³-hybridized carbons (Fsp3) is 0.900. The smallest absolute Gasteiger partial charge is 0.166 e. The molecule has 0 aromatic rings. The Morgan fingerprint density at radius 1 is 1.46 bits per heavy atom. The van der Waals surface area contributed by atoms with E-state index in [2.05, 4.69) is 4.90 Å². The first-order valence-corrected chi connectivity index (χ1v) is 5.23. The summed E-state index contributed by atoms with van der Waals surface area (Å²) in [5.74, 6) is 0.0955. The summed E-state index contributed by atoms with van der Waals surface area (Å²) in [5.41, 5.74) is -0.959. The molecule has 3 atom stereocenters. The molecule has 3 rings (SSSR count). The predicted molar refractivity (Wildman–Crippen MR) is 47.3 cm³/mol. The molecule has 2 aliphatic heterocycles. The SMILES string of the molecule is O=C1CCC2CC1(O)C1CCCN21.